The first-order valence-electron chi connectivity index (χ1n) is 6.79. The van der Waals surface area contributed by atoms with Crippen LogP contribution in [0.15, 0.2) is 24.3 Å². The quantitative estimate of drug-likeness (QED) is 0.862. The van der Waals surface area contributed by atoms with Gasteiger partial charge in [-0.15, -0.1) is 0 Å². The molecule has 1 aromatic carbocycles. The van der Waals surface area contributed by atoms with Crippen LogP contribution in [-0.2, 0) is 11.2 Å². The van der Waals surface area contributed by atoms with E-state index < -0.39 is 0 Å². The first-order valence-corrected chi connectivity index (χ1v) is 6.79. The summed E-state index contributed by atoms with van der Waals surface area (Å²) in [6.45, 7) is 4.22. The Labute approximate surface area is 103 Å². The molecule has 2 heterocycles. The van der Waals surface area contributed by atoms with Gasteiger partial charge in [0, 0.05) is 5.92 Å². The van der Waals surface area contributed by atoms with Crippen molar-refractivity contribution < 1.29 is 4.74 Å². The Bertz CT molecular complexity index is 367. The minimum atomic E-state index is 0.656. The molecule has 3 rings (SSSR count). The maximum absolute atomic E-state index is 5.27. The number of nitrogens with one attached hydrogen (secondary N) is 1. The number of benzene rings is 1. The van der Waals surface area contributed by atoms with Crippen LogP contribution < -0.4 is 5.32 Å². The van der Waals surface area contributed by atoms with Gasteiger partial charge in [0.05, 0.1) is 13.2 Å². The van der Waals surface area contributed by atoms with Crippen molar-refractivity contribution in [2.24, 2.45) is 5.92 Å². The van der Waals surface area contributed by atoms with E-state index in [1.54, 1.807) is 0 Å². The van der Waals surface area contributed by atoms with E-state index in [0.29, 0.717) is 5.92 Å². The Balaban J connectivity index is 1.65. The monoisotopic (exact) mass is 231 g/mol. The molecule has 2 aliphatic heterocycles. The van der Waals surface area contributed by atoms with Crippen molar-refractivity contribution in [2.45, 2.75) is 25.2 Å². The molecule has 0 bridgehead atoms. The number of rotatable bonds is 3. The van der Waals surface area contributed by atoms with E-state index in [2.05, 4.69) is 29.6 Å². The van der Waals surface area contributed by atoms with Gasteiger partial charge in [-0.1, -0.05) is 24.3 Å². The Kier molecular flexibility index (Phi) is 3.44. The van der Waals surface area contributed by atoms with Crippen LogP contribution >= 0.6 is 0 Å². The van der Waals surface area contributed by atoms with Crippen LogP contribution in [0.5, 0.6) is 0 Å². The van der Waals surface area contributed by atoms with E-state index in [0.717, 1.165) is 19.1 Å². The van der Waals surface area contributed by atoms with E-state index in [4.69, 9.17) is 4.74 Å². The zero-order valence-corrected chi connectivity index (χ0v) is 10.3. The minimum Gasteiger partial charge on any atom is -0.380 e. The van der Waals surface area contributed by atoms with Crippen molar-refractivity contribution in [2.75, 3.05) is 26.3 Å². The van der Waals surface area contributed by atoms with Crippen molar-refractivity contribution in [3.8, 4) is 0 Å². The molecule has 0 unspecified atom stereocenters. The summed E-state index contributed by atoms with van der Waals surface area (Å²) < 4.78 is 5.27. The molecule has 2 heteroatoms. The molecule has 0 saturated carbocycles. The van der Waals surface area contributed by atoms with Crippen LogP contribution in [-0.4, -0.2) is 26.3 Å². The molecule has 2 fully saturated rings. The van der Waals surface area contributed by atoms with Gasteiger partial charge in [0.2, 0.25) is 0 Å². The second-order valence-electron chi connectivity index (χ2n) is 5.38. The third-order valence-electron chi connectivity index (χ3n) is 4.04. The number of piperidine rings is 1. The van der Waals surface area contributed by atoms with Crippen LogP contribution in [0, 0.1) is 5.92 Å². The first kappa shape index (κ1) is 11.2. The highest BCUT2D eigenvalue weighted by molar-refractivity contribution is 5.28. The molecule has 0 spiro atoms. The van der Waals surface area contributed by atoms with Gasteiger partial charge >= 0.3 is 0 Å². The third-order valence-corrected chi connectivity index (χ3v) is 4.04. The van der Waals surface area contributed by atoms with Crippen molar-refractivity contribution in [3.05, 3.63) is 35.4 Å². The largest absolute Gasteiger partial charge is 0.380 e. The average Bonchev–Trinajstić information content (AvgIpc) is 2.28. The molecular weight excluding hydrogens is 210 g/mol. The fourth-order valence-corrected chi connectivity index (χ4v) is 2.82. The third kappa shape index (κ3) is 2.70. The Morgan fingerprint density at radius 1 is 1.18 bits per heavy atom. The van der Waals surface area contributed by atoms with Gasteiger partial charge in [0.25, 0.3) is 0 Å². The van der Waals surface area contributed by atoms with E-state index in [9.17, 15) is 0 Å². The smallest absolute Gasteiger partial charge is 0.0557 e. The first-order chi connectivity index (χ1) is 8.42. The molecule has 1 aromatic rings. The number of ether oxygens (including phenoxy) is 1. The molecule has 2 aliphatic rings. The summed E-state index contributed by atoms with van der Waals surface area (Å²) in [6, 6.07) is 9.14. The van der Waals surface area contributed by atoms with E-state index >= 15 is 0 Å². The van der Waals surface area contributed by atoms with Gasteiger partial charge < -0.3 is 10.1 Å². The van der Waals surface area contributed by atoms with Crippen molar-refractivity contribution in [3.63, 3.8) is 0 Å². The van der Waals surface area contributed by atoms with Crippen molar-refractivity contribution >= 4 is 0 Å². The normalized spacial score (nSPS) is 22.4. The van der Waals surface area contributed by atoms with Crippen molar-refractivity contribution in [1.29, 1.82) is 0 Å². The predicted molar refractivity (Wildman–Crippen MR) is 69.3 cm³/mol. The molecule has 0 amide bonds. The lowest BCUT2D eigenvalue weighted by atomic mass is 9.88. The zero-order chi connectivity index (χ0) is 11.5. The SMILES string of the molecule is c1cc(CC2CCNCC2)cc(C2COC2)c1. The van der Waals surface area contributed by atoms with Gasteiger partial charge in [0.15, 0.2) is 0 Å². The summed E-state index contributed by atoms with van der Waals surface area (Å²) in [7, 11) is 0. The summed E-state index contributed by atoms with van der Waals surface area (Å²) in [6.07, 6.45) is 3.91. The fourth-order valence-electron chi connectivity index (χ4n) is 2.82. The molecule has 17 heavy (non-hydrogen) atoms. The minimum absolute atomic E-state index is 0.656. The average molecular weight is 231 g/mol. The summed E-state index contributed by atoms with van der Waals surface area (Å²) >= 11 is 0. The van der Waals surface area contributed by atoms with E-state index in [-0.39, 0.29) is 0 Å². The molecule has 0 aromatic heterocycles. The Morgan fingerprint density at radius 2 is 2.00 bits per heavy atom. The lowest BCUT2D eigenvalue weighted by molar-refractivity contribution is 0.00839. The van der Waals surface area contributed by atoms with Gasteiger partial charge in [0.1, 0.15) is 0 Å². The fraction of sp³-hybridized carbons (Fsp3) is 0.600. The summed E-state index contributed by atoms with van der Waals surface area (Å²) in [5.74, 6) is 1.53. The standard InChI is InChI=1S/C15H21NO/c1-2-13(8-12-4-6-16-7-5-12)9-14(3-1)15-10-17-11-15/h1-3,9,12,15-16H,4-8,10-11H2. The van der Waals surface area contributed by atoms with Crippen LogP contribution in [0.25, 0.3) is 0 Å². The van der Waals surface area contributed by atoms with Crippen LogP contribution in [0.4, 0.5) is 0 Å². The molecule has 1 N–H and O–H groups in total. The van der Waals surface area contributed by atoms with Crippen LogP contribution in [0.2, 0.25) is 0 Å². The second kappa shape index (κ2) is 5.19. The highest BCUT2D eigenvalue weighted by Crippen LogP contribution is 2.26. The lowest BCUT2D eigenvalue weighted by Crippen LogP contribution is -2.28. The Morgan fingerprint density at radius 3 is 2.71 bits per heavy atom. The van der Waals surface area contributed by atoms with Crippen molar-refractivity contribution in [1.82, 2.24) is 5.32 Å². The molecule has 2 nitrogen and oxygen atoms in total. The molecule has 0 radical (unpaired) electrons. The van der Waals surface area contributed by atoms with Crippen LogP contribution in [0.1, 0.15) is 29.9 Å². The maximum atomic E-state index is 5.27. The summed E-state index contributed by atoms with van der Waals surface area (Å²) in [5, 5.41) is 3.43. The van der Waals surface area contributed by atoms with Gasteiger partial charge in [-0.2, -0.15) is 0 Å². The molecule has 0 aliphatic carbocycles. The highest BCUT2D eigenvalue weighted by Gasteiger charge is 2.21. The highest BCUT2D eigenvalue weighted by atomic mass is 16.5. The van der Waals surface area contributed by atoms with Crippen LogP contribution in [0.3, 0.4) is 0 Å². The van der Waals surface area contributed by atoms with Gasteiger partial charge in [-0.25, -0.2) is 0 Å². The molecule has 92 valence electrons. The molecular formula is C15H21NO. The van der Waals surface area contributed by atoms with E-state index in [1.807, 2.05) is 0 Å². The van der Waals surface area contributed by atoms with E-state index in [1.165, 1.54) is 43.5 Å². The second-order valence-corrected chi connectivity index (χ2v) is 5.38. The number of hydrogen-bond acceptors (Lipinski definition) is 2. The summed E-state index contributed by atoms with van der Waals surface area (Å²) in [4.78, 5) is 0. The number of hydrogen-bond donors (Lipinski definition) is 1. The lowest BCUT2D eigenvalue weighted by Gasteiger charge is -2.27. The van der Waals surface area contributed by atoms with Gasteiger partial charge in [-0.05, 0) is 49.4 Å². The summed E-state index contributed by atoms with van der Waals surface area (Å²) in [5.41, 5.74) is 2.99. The molecule has 0 atom stereocenters. The topological polar surface area (TPSA) is 21.3 Å². The predicted octanol–water partition coefficient (Wildman–Crippen LogP) is 2.34. The zero-order valence-electron chi connectivity index (χ0n) is 10.3. The van der Waals surface area contributed by atoms with Gasteiger partial charge in [-0.3, -0.25) is 0 Å². The molecule has 2 saturated heterocycles. The Hall–Kier alpha value is -0.860. The maximum Gasteiger partial charge on any atom is 0.0557 e.